The molecule has 2 aromatic carbocycles. The summed E-state index contributed by atoms with van der Waals surface area (Å²) in [7, 11) is -1.98. The van der Waals surface area contributed by atoms with E-state index in [2.05, 4.69) is 0 Å². The Balaban J connectivity index is 2.18. The summed E-state index contributed by atoms with van der Waals surface area (Å²) in [5.41, 5.74) is 1.74. The first kappa shape index (κ1) is 15.1. The maximum Gasteiger partial charge on any atom is 0.235 e. The summed E-state index contributed by atoms with van der Waals surface area (Å²) < 4.78 is 26.0. The van der Waals surface area contributed by atoms with E-state index in [1.807, 2.05) is 36.4 Å². The number of aryl methyl sites for hydroxylation is 1. The number of anilines is 1. The number of hydrogen-bond donors (Lipinski definition) is 0. The van der Waals surface area contributed by atoms with Crippen LogP contribution in [0.4, 0.5) is 5.69 Å². The molecule has 0 amide bonds. The van der Waals surface area contributed by atoms with Crippen LogP contribution in [-0.4, -0.2) is 21.2 Å². The van der Waals surface area contributed by atoms with Crippen molar-refractivity contribution in [3.63, 3.8) is 0 Å². The van der Waals surface area contributed by atoms with Crippen molar-refractivity contribution < 1.29 is 8.42 Å². The van der Waals surface area contributed by atoms with Gasteiger partial charge >= 0.3 is 0 Å². The van der Waals surface area contributed by atoms with E-state index in [4.69, 9.17) is 5.26 Å². The molecule has 0 atom stereocenters. The van der Waals surface area contributed by atoms with Gasteiger partial charge in [-0.15, -0.1) is 0 Å². The normalized spacial score (nSPS) is 10.9. The zero-order chi connectivity index (χ0) is 15.3. The Bertz CT molecular complexity index is 749. The van der Waals surface area contributed by atoms with Crippen molar-refractivity contribution in [1.29, 1.82) is 5.26 Å². The van der Waals surface area contributed by atoms with E-state index in [9.17, 15) is 8.42 Å². The summed E-state index contributed by atoms with van der Waals surface area (Å²) in [6.07, 6.45) is 0.447. The van der Waals surface area contributed by atoms with Crippen molar-refractivity contribution in [3.05, 3.63) is 65.7 Å². The van der Waals surface area contributed by atoms with E-state index in [1.54, 1.807) is 24.3 Å². The standard InChI is InChI=1S/C16H16N2O2S/c1-18(16-10-6-5-9-15(16)13-17)21(19,20)12-11-14-7-3-2-4-8-14/h2-10H,11-12H2,1H3. The molecule has 0 aliphatic carbocycles. The molecule has 5 heteroatoms. The molecule has 0 aliphatic heterocycles. The van der Waals surface area contributed by atoms with Crippen molar-refractivity contribution in [2.75, 3.05) is 17.1 Å². The zero-order valence-corrected chi connectivity index (χ0v) is 12.5. The van der Waals surface area contributed by atoms with Crippen molar-refractivity contribution in [3.8, 4) is 6.07 Å². The van der Waals surface area contributed by atoms with Crippen molar-refractivity contribution in [2.45, 2.75) is 6.42 Å². The molecule has 0 aliphatic rings. The molecule has 0 saturated carbocycles. The Hall–Kier alpha value is -2.32. The molecular weight excluding hydrogens is 284 g/mol. The third-order valence-electron chi connectivity index (χ3n) is 3.27. The number of rotatable bonds is 5. The largest absolute Gasteiger partial charge is 0.272 e. The minimum absolute atomic E-state index is 0.00722. The fourth-order valence-corrected chi connectivity index (χ4v) is 3.25. The molecule has 4 nitrogen and oxygen atoms in total. The van der Waals surface area contributed by atoms with Crippen LogP contribution in [0, 0.1) is 11.3 Å². The highest BCUT2D eigenvalue weighted by Gasteiger charge is 2.20. The van der Waals surface area contributed by atoms with Gasteiger partial charge in [0.15, 0.2) is 0 Å². The third kappa shape index (κ3) is 3.61. The first-order valence-corrected chi connectivity index (χ1v) is 8.15. The Morgan fingerprint density at radius 3 is 2.33 bits per heavy atom. The van der Waals surface area contributed by atoms with Gasteiger partial charge in [-0.1, -0.05) is 42.5 Å². The van der Waals surface area contributed by atoms with Gasteiger partial charge in [0.25, 0.3) is 0 Å². The summed E-state index contributed by atoms with van der Waals surface area (Å²) in [4.78, 5) is 0. The van der Waals surface area contributed by atoms with Gasteiger partial charge in [0, 0.05) is 7.05 Å². The van der Waals surface area contributed by atoms with E-state index in [0.717, 1.165) is 5.56 Å². The van der Waals surface area contributed by atoms with Crippen LogP contribution in [0.25, 0.3) is 0 Å². The molecule has 0 spiro atoms. The van der Waals surface area contributed by atoms with Gasteiger partial charge in [0.05, 0.1) is 17.0 Å². The maximum atomic E-state index is 12.4. The Labute approximate surface area is 125 Å². The maximum absolute atomic E-state index is 12.4. The van der Waals surface area contributed by atoms with Gasteiger partial charge < -0.3 is 0 Å². The van der Waals surface area contributed by atoms with E-state index in [0.29, 0.717) is 17.7 Å². The highest BCUT2D eigenvalue weighted by atomic mass is 32.2. The first-order chi connectivity index (χ1) is 10.0. The topological polar surface area (TPSA) is 61.2 Å². The monoisotopic (exact) mass is 300 g/mol. The number of sulfonamides is 1. The van der Waals surface area contributed by atoms with Crippen molar-refractivity contribution >= 4 is 15.7 Å². The van der Waals surface area contributed by atoms with Crippen LogP contribution in [0.2, 0.25) is 0 Å². The number of nitrogens with zero attached hydrogens (tertiary/aromatic N) is 2. The molecule has 2 aromatic rings. The molecule has 0 bridgehead atoms. The third-order valence-corrected chi connectivity index (χ3v) is 5.02. The SMILES string of the molecule is CN(c1ccccc1C#N)S(=O)(=O)CCc1ccccc1. The molecule has 108 valence electrons. The second-order valence-corrected chi connectivity index (χ2v) is 6.77. The fraction of sp³-hybridized carbons (Fsp3) is 0.188. The van der Waals surface area contributed by atoms with E-state index in [1.165, 1.54) is 11.4 Å². The second-order valence-electron chi connectivity index (χ2n) is 4.65. The van der Waals surface area contributed by atoms with E-state index < -0.39 is 10.0 Å². The van der Waals surface area contributed by atoms with E-state index >= 15 is 0 Å². The molecule has 21 heavy (non-hydrogen) atoms. The number of nitriles is 1. The molecule has 0 aromatic heterocycles. The summed E-state index contributed by atoms with van der Waals surface area (Å²) in [6.45, 7) is 0. The Morgan fingerprint density at radius 1 is 1.05 bits per heavy atom. The number of hydrogen-bond acceptors (Lipinski definition) is 3. The van der Waals surface area contributed by atoms with Gasteiger partial charge in [-0.05, 0) is 24.1 Å². The van der Waals surface area contributed by atoms with Crippen LogP contribution < -0.4 is 4.31 Å². The van der Waals surface area contributed by atoms with E-state index in [-0.39, 0.29) is 5.75 Å². The zero-order valence-electron chi connectivity index (χ0n) is 11.7. The average Bonchev–Trinajstić information content (AvgIpc) is 2.53. The highest BCUT2D eigenvalue weighted by molar-refractivity contribution is 7.92. The van der Waals surface area contributed by atoms with Crippen LogP contribution in [-0.2, 0) is 16.4 Å². The van der Waals surface area contributed by atoms with Crippen LogP contribution in [0.15, 0.2) is 54.6 Å². The van der Waals surface area contributed by atoms with Gasteiger partial charge in [0.2, 0.25) is 10.0 Å². The van der Waals surface area contributed by atoms with Crippen molar-refractivity contribution in [2.24, 2.45) is 0 Å². The van der Waals surface area contributed by atoms with Gasteiger partial charge in [0.1, 0.15) is 6.07 Å². The summed E-state index contributed by atoms with van der Waals surface area (Å²) in [5.74, 6) is 0.00722. The Morgan fingerprint density at radius 2 is 1.67 bits per heavy atom. The molecule has 0 N–H and O–H groups in total. The molecule has 0 heterocycles. The highest BCUT2D eigenvalue weighted by Crippen LogP contribution is 2.21. The first-order valence-electron chi connectivity index (χ1n) is 6.54. The summed E-state index contributed by atoms with van der Waals surface area (Å²) >= 11 is 0. The predicted octanol–water partition coefficient (Wildman–Crippen LogP) is 2.57. The minimum Gasteiger partial charge on any atom is -0.272 e. The quantitative estimate of drug-likeness (QED) is 0.852. The summed E-state index contributed by atoms with van der Waals surface area (Å²) in [6, 6.07) is 18.2. The Kier molecular flexibility index (Phi) is 4.61. The van der Waals surface area contributed by atoms with Gasteiger partial charge in [-0.25, -0.2) is 8.42 Å². The number of para-hydroxylation sites is 1. The van der Waals surface area contributed by atoms with Crippen LogP contribution in [0.5, 0.6) is 0 Å². The van der Waals surface area contributed by atoms with Gasteiger partial charge in [-0.3, -0.25) is 4.31 Å². The molecule has 0 fully saturated rings. The lowest BCUT2D eigenvalue weighted by atomic mass is 10.2. The lowest BCUT2D eigenvalue weighted by Crippen LogP contribution is -2.30. The summed E-state index contributed by atoms with van der Waals surface area (Å²) in [5, 5.41) is 9.07. The van der Waals surface area contributed by atoms with Gasteiger partial charge in [-0.2, -0.15) is 5.26 Å². The van der Waals surface area contributed by atoms with Crippen LogP contribution in [0.3, 0.4) is 0 Å². The van der Waals surface area contributed by atoms with Crippen LogP contribution in [0.1, 0.15) is 11.1 Å². The fourth-order valence-electron chi connectivity index (χ4n) is 2.02. The number of benzene rings is 2. The lowest BCUT2D eigenvalue weighted by Gasteiger charge is -2.20. The van der Waals surface area contributed by atoms with Crippen molar-refractivity contribution in [1.82, 2.24) is 0 Å². The molecule has 0 saturated heterocycles. The molecule has 2 rings (SSSR count). The average molecular weight is 300 g/mol. The molecule has 0 radical (unpaired) electrons. The van der Waals surface area contributed by atoms with Crippen LogP contribution >= 0.6 is 0 Å². The predicted molar refractivity (Wildman–Crippen MR) is 83.5 cm³/mol. The second kappa shape index (κ2) is 6.42. The lowest BCUT2D eigenvalue weighted by molar-refractivity contribution is 0.593. The molecule has 0 unspecified atom stereocenters. The molecular formula is C16H16N2O2S. The minimum atomic E-state index is -3.46. The smallest absolute Gasteiger partial charge is 0.235 e.